The second-order valence-electron chi connectivity index (χ2n) is 7.15. The lowest BCUT2D eigenvalue weighted by Gasteiger charge is -2.27. The van der Waals surface area contributed by atoms with Gasteiger partial charge in [0.05, 0.1) is 12.1 Å². The average Bonchev–Trinajstić information content (AvgIpc) is 2.85. The molecule has 1 fully saturated rings. The number of hydrogen-bond donors (Lipinski definition) is 2. The maximum atomic E-state index is 12.3. The number of anilines is 1. The van der Waals surface area contributed by atoms with Gasteiger partial charge in [0, 0.05) is 12.2 Å². The highest BCUT2D eigenvalue weighted by atomic mass is 19.4. The van der Waals surface area contributed by atoms with Crippen LogP contribution >= 0.6 is 0 Å². The molecule has 2 N–H and O–H groups in total. The topological polar surface area (TPSA) is 61.8 Å². The molecule has 1 heterocycles. The summed E-state index contributed by atoms with van der Waals surface area (Å²) in [6.45, 7) is 1.39. The number of likely N-dealkylation sites (tertiary alicyclic amines) is 1. The van der Waals surface area contributed by atoms with Crippen LogP contribution in [0.25, 0.3) is 0 Å². The predicted octanol–water partition coefficient (Wildman–Crippen LogP) is 3.90. The van der Waals surface area contributed by atoms with Crippen LogP contribution in [0, 0.1) is 0 Å². The van der Waals surface area contributed by atoms with Gasteiger partial charge in [-0.05, 0) is 55.6 Å². The molecule has 1 saturated heterocycles. The molecule has 0 aliphatic carbocycles. The molecule has 0 saturated carbocycles. The molecule has 0 unspecified atom stereocenters. The number of carbonyl (C=O) groups excluding carboxylic acids is 1. The Kier molecular flexibility index (Phi) is 6.44. The van der Waals surface area contributed by atoms with Crippen LogP contribution in [0.3, 0.4) is 0 Å². The van der Waals surface area contributed by atoms with E-state index in [1.165, 1.54) is 12.1 Å². The molecule has 3 rings (SSSR count). The van der Waals surface area contributed by atoms with Crippen LogP contribution < -0.4 is 10.1 Å². The molecule has 0 spiro atoms. The molecule has 0 bridgehead atoms. The standard InChI is InChI=1S/C21H23F3N2O3/c22-21(23,24)29-18-9-7-17(8-10-18)25-19(27)15-26-13-4-11-20(28,12-14-26)16-5-2-1-3-6-16/h1-3,5-10,28H,4,11-15H2,(H,25,27)/t20-/m0/s1. The highest BCUT2D eigenvalue weighted by Gasteiger charge is 2.32. The van der Waals surface area contributed by atoms with Gasteiger partial charge in [0.15, 0.2) is 0 Å². The van der Waals surface area contributed by atoms with Crippen molar-refractivity contribution in [1.29, 1.82) is 0 Å². The van der Waals surface area contributed by atoms with Gasteiger partial charge in [-0.1, -0.05) is 30.3 Å². The number of rotatable bonds is 5. The van der Waals surface area contributed by atoms with Crippen LogP contribution in [0.2, 0.25) is 0 Å². The lowest BCUT2D eigenvalue weighted by Crippen LogP contribution is -2.35. The Hall–Kier alpha value is -2.58. The predicted molar refractivity (Wildman–Crippen MR) is 102 cm³/mol. The summed E-state index contributed by atoms with van der Waals surface area (Å²) in [5.41, 5.74) is 0.369. The van der Waals surface area contributed by atoms with Crippen molar-refractivity contribution in [1.82, 2.24) is 4.90 Å². The molecular weight excluding hydrogens is 385 g/mol. The summed E-state index contributed by atoms with van der Waals surface area (Å²) in [7, 11) is 0. The van der Waals surface area contributed by atoms with Gasteiger partial charge in [-0.3, -0.25) is 9.69 Å². The second-order valence-corrected chi connectivity index (χ2v) is 7.15. The van der Waals surface area contributed by atoms with Crippen molar-refractivity contribution < 1.29 is 27.8 Å². The number of halogens is 3. The molecular formula is C21H23F3N2O3. The Labute approximate surface area is 167 Å². The molecule has 2 aromatic carbocycles. The number of nitrogens with zero attached hydrogens (tertiary/aromatic N) is 1. The number of hydrogen-bond acceptors (Lipinski definition) is 4. The van der Waals surface area contributed by atoms with Crippen molar-refractivity contribution in [3.05, 3.63) is 60.2 Å². The average molecular weight is 408 g/mol. The molecule has 1 aliphatic heterocycles. The number of carbonyl (C=O) groups is 1. The van der Waals surface area contributed by atoms with E-state index in [0.29, 0.717) is 31.6 Å². The quantitative estimate of drug-likeness (QED) is 0.788. The fraction of sp³-hybridized carbons (Fsp3) is 0.381. The molecule has 156 valence electrons. The molecule has 1 aliphatic rings. The highest BCUT2D eigenvalue weighted by molar-refractivity contribution is 5.92. The number of ether oxygens (including phenoxy) is 1. The summed E-state index contributed by atoms with van der Waals surface area (Å²) in [6, 6.07) is 14.5. The maximum absolute atomic E-state index is 12.3. The molecule has 0 radical (unpaired) electrons. The summed E-state index contributed by atoms with van der Waals surface area (Å²) in [5.74, 6) is -0.608. The number of alkyl halides is 3. The van der Waals surface area contributed by atoms with Crippen molar-refractivity contribution in [2.45, 2.75) is 31.2 Å². The van der Waals surface area contributed by atoms with Gasteiger partial charge < -0.3 is 15.2 Å². The van der Waals surface area contributed by atoms with Crippen LogP contribution in [-0.4, -0.2) is 41.9 Å². The minimum Gasteiger partial charge on any atom is -0.406 e. The first-order valence-corrected chi connectivity index (χ1v) is 9.39. The van der Waals surface area contributed by atoms with Gasteiger partial charge in [0.25, 0.3) is 0 Å². The van der Waals surface area contributed by atoms with E-state index in [1.54, 1.807) is 0 Å². The largest absolute Gasteiger partial charge is 0.573 e. The monoisotopic (exact) mass is 408 g/mol. The molecule has 2 aromatic rings. The number of nitrogens with one attached hydrogen (secondary N) is 1. The highest BCUT2D eigenvalue weighted by Crippen LogP contribution is 2.32. The van der Waals surface area contributed by atoms with E-state index < -0.39 is 12.0 Å². The van der Waals surface area contributed by atoms with E-state index in [4.69, 9.17) is 0 Å². The fourth-order valence-corrected chi connectivity index (χ4v) is 3.51. The second kappa shape index (κ2) is 8.84. The van der Waals surface area contributed by atoms with Crippen molar-refractivity contribution >= 4 is 11.6 Å². The Morgan fingerprint density at radius 1 is 1.07 bits per heavy atom. The van der Waals surface area contributed by atoms with E-state index in [9.17, 15) is 23.1 Å². The first kappa shape index (κ1) is 21.1. The molecule has 1 atom stereocenters. The zero-order valence-electron chi connectivity index (χ0n) is 15.8. The molecule has 5 nitrogen and oxygen atoms in total. The maximum Gasteiger partial charge on any atom is 0.573 e. The normalized spacial score (nSPS) is 20.7. The Morgan fingerprint density at radius 2 is 1.76 bits per heavy atom. The van der Waals surface area contributed by atoms with E-state index in [1.807, 2.05) is 35.2 Å². The summed E-state index contributed by atoms with van der Waals surface area (Å²) in [6.07, 6.45) is -2.86. The van der Waals surface area contributed by atoms with Crippen LogP contribution in [0.1, 0.15) is 24.8 Å². The zero-order valence-corrected chi connectivity index (χ0v) is 15.8. The number of amides is 1. The zero-order chi connectivity index (χ0) is 20.9. The fourth-order valence-electron chi connectivity index (χ4n) is 3.51. The van der Waals surface area contributed by atoms with Gasteiger partial charge in [0.1, 0.15) is 5.75 Å². The molecule has 1 amide bonds. The number of aliphatic hydroxyl groups is 1. The minimum atomic E-state index is -4.75. The first-order chi connectivity index (χ1) is 13.7. The number of benzene rings is 2. The van der Waals surface area contributed by atoms with E-state index >= 15 is 0 Å². The Bertz CT molecular complexity index is 812. The lowest BCUT2D eigenvalue weighted by atomic mass is 9.87. The minimum absolute atomic E-state index is 0.145. The lowest BCUT2D eigenvalue weighted by molar-refractivity contribution is -0.274. The summed E-state index contributed by atoms with van der Waals surface area (Å²) in [4.78, 5) is 14.3. The van der Waals surface area contributed by atoms with Gasteiger partial charge in [-0.2, -0.15) is 0 Å². The van der Waals surface area contributed by atoms with Crippen LogP contribution in [0.4, 0.5) is 18.9 Å². The third-order valence-electron chi connectivity index (χ3n) is 4.96. The molecule has 8 heteroatoms. The summed E-state index contributed by atoms with van der Waals surface area (Å²) < 4.78 is 40.4. The van der Waals surface area contributed by atoms with Crippen LogP contribution in [0.15, 0.2) is 54.6 Å². The third kappa shape index (κ3) is 6.20. The Morgan fingerprint density at radius 3 is 2.41 bits per heavy atom. The van der Waals surface area contributed by atoms with Gasteiger partial charge in [-0.25, -0.2) is 0 Å². The summed E-state index contributed by atoms with van der Waals surface area (Å²) >= 11 is 0. The van der Waals surface area contributed by atoms with E-state index in [0.717, 1.165) is 24.1 Å². The van der Waals surface area contributed by atoms with Crippen molar-refractivity contribution in [2.24, 2.45) is 0 Å². The SMILES string of the molecule is O=C(CN1CCC[C@@](O)(c2ccccc2)CC1)Nc1ccc(OC(F)(F)F)cc1. The molecule has 0 aromatic heterocycles. The van der Waals surface area contributed by atoms with Crippen molar-refractivity contribution in [3.8, 4) is 5.75 Å². The molecule has 29 heavy (non-hydrogen) atoms. The van der Waals surface area contributed by atoms with Crippen LogP contribution in [0.5, 0.6) is 5.75 Å². The first-order valence-electron chi connectivity index (χ1n) is 9.39. The van der Waals surface area contributed by atoms with Gasteiger partial charge in [-0.15, -0.1) is 13.2 Å². The van der Waals surface area contributed by atoms with Crippen LogP contribution in [-0.2, 0) is 10.4 Å². The third-order valence-corrected chi connectivity index (χ3v) is 4.96. The van der Waals surface area contributed by atoms with Gasteiger partial charge >= 0.3 is 6.36 Å². The van der Waals surface area contributed by atoms with E-state index in [2.05, 4.69) is 10.1 Å². The van der Waals surface area contributed by atoms with Crippen molar-refractivity contribution in [3.63, 3.8) is 0 Å². The van der Waals surface area contributed by atoms with E-state index in [-0.39, 0.29) is 18.2 Å². The van der Waals surface area contributed by atoms with Gasteiger partial charge in [0.2, 0.25) is 5.91 Å². The Balaban J connectivity index is 1.52. The summed E-state index contributed by atoms with van der Waals surface area (Å²) in [5, 5.41) is 13.7. The smallest absolute Gasteiger partial charge is 0.406 e. The van der Waals surface area contributed by atoms with Crippen molar-refractivity contribution in [2.75, 3.05) is 25.0 Å².